The second-order valence-electron chi connectivity index (χ2n) is 7.53. The van der Waals surface area contributed by atoms with Gasteiger partial charge in [-0.2, -0.15) is 0 Å². The molecule has 0 aromatic heterocycles. The van der Waals surface area contributed by atoms with Crippen molar-refractivity contribution in [3.05, 3.63) is 65.2 Å². The molecule has 2 aromatic carbocycles. The van der Waals surface area contributed by atoms with E-state index in [1.165, 1.54) is 11.1 Å². The van der Waals surface area contributed by atoms with Gasteiger partial charge in [-0.05, 0) is 53.4 Å². The maximum absolute atomic E-state index is 11.4. The van der Waals surface area contributed by atoms with Crippen LogP contribution in [0.1, 0.15) is 44.4 Å². The van der Waals surface area contributed by atoms with E-state index in [1.54, 1.807) is 6.92 Å². The van der Waals surface area contributed by atoms with Crippen molar-refractivity contribution in [2.45, 2.75) is 46.2 Å². The molecule has 0 aliphatic carbocycles. The van der Waals surface area contributed by atoms with Gasteiger partial charge in [0.25, 0.3) is 0 Å². The molecule has 0 saturated heterocycles. The highest BCUT2D eigenvalue weighted by atomic mass is 32.1. The molecule has 2 rings (SSSR count). The first kappa shape index (κ1) is 21.7. The maximum Gasteiger partial charge on any atom is 0.411 e. The summed E-state index contributed by atoms with van der Waals surface area (Å²) in [7, 11) is 0. The van der Waals surface area contributed by atoms with Gasteiger partial charge in [-0.25, -0.2) is 4.79 Å². The second-order valence-corrected chi connectivity index (χ2v) is 7.93. The van der Waals surface area contributed by atoms with Gasteiger partial charge in [0.15, 0.2) is 5.11 Å². The van der Waals surface area contributed by atoms with Gasteiger partial charge in [0, 0.05) is 18.8 Å². The largest absolute Gasteiger partial charge is 0.450 e. The van der Waals surface area contributed by atoms with Crippen LogP contribution in [0.4, 0.5) is 10.5 Å². The van der Waals surface area contributed by atoms with E-state index in [-0.39, 0.29) is 5.41 Å². The molecule has 0 saturated carbocycles. The van der Waals surface area contributed by atoms with Gasteiger partial charge in [0.1, 0.15) is 0 Å². The summed E-state index contributed by atoms with van der Waals surface area (Å²) in [4.78, 5) is 11.4. The molecule has 0 aliphatic rings. The monoisotopic (exact) mass is 399 g/mol. The van der Waals surface area contributed by atoms with E-state index < -0.39 is 6.09 Å². The molecule has 0 atom stereocenters. The summed E-state index contributed by atoms with van der Waals surface area (Å²) in [6, 6.07) is 16.1. The molecule has 0 spiro atoms. The summed E-state index contributed by atoms with van der Waals surface area (Å²) in [5, 5.41) is 9.69. The molecule has 0 aliphatic heterocycles. The molecule has 0 bridgehead atoms. The average molecular weight is 400 g/mol. The van der Waals surface area contributed by atoms with Crippen LogP contribution in [-0.2, 0) is 23.2 Å². The first-order chi connectivity index (χ1) is 13.3. The zero-order valence-electron chi connectivity index (χ0n) is 17.0. The molecule has 3 N–H and O–H groups in total. The number of hydrogen-bond donors (Lipinski definition) is 3. The normalized spacial score (nSPS) is 10.9. The predicted octanol–water partition coefficient (Wildman–Crippen LogP) is 4.72. The molecule has 6 heteroatoms. The van der Waals surface area contributed by atoms with Crippen molar-refractivity contribution in [1.29, 1.82) is 0 Å². The van der Waals surface area contributed by atoms with Crippen LogP contribution in [0.2, 0.25) is 0 Å². The number of carbonyl (C=O) groups is 1. The van der Waals surface area contributed by atoms with Crippen LogP contribution in [0.5, 0.6) is 0 Å². The summed E-state index contributed by atoms with van der Waals surface area (Å²) in [6.45, 7) is 10.0. The maximum atomic E-state index is 11.4. The van der Waals surface area contributed by atoms with Crippen molar-refractivity contribution in [2.24, 2.45) is 0 Å². The first-order valence-electron chi connectivity index (χ1n) is 9.42. The Bertz CT molecular complexity index is 781. The van der Waals surface area contributed by atoms with Crippen molar-refractivity contribution in [3.8, 4) is 0 Å². The van der Waals surface area contributed by atoms with Gasteiger partial charge in [-0.1, -0.05) is 57.2 Å². The predicted molar refractivity (Wildman–Crippen MR) is 119 cm³/mol. The van der Waals surface area contributed by atoms with Crippen LogP contribution < -0.4 is 16.0 Å². The number of benzene rings is 2. The number of hydrogen-bond acceptors (Lipinski definition) is 3. The molecule has 1 amide bonds. The lowest BCUT2D eigenvalue weighted by Crippen LogP contribution is -2.34. The molecule has 0 unspecified atom stereocenters. The summed E-state index contributed by atoms with van der Waals surface area (Å²) >= 11 is 5.35. The number of ether oxygens (including phenoxy) is 1. The van der Waals surface area contributed by atoms with Gasteiger partial charge >= 0.3 is 6.09 Å². The summed E-state index contributed by atoms with van der Waals surface area (Å²) < 4.78 is 4.85. The number of carbonyl (C=O) groups excluding carboxylic acids is 1. The summed E-state index contributed by atoms with van der Waals surface area (Å²) in [5.74, 6) is 0. The summed E-state index contributed by atoms with van der Waals surface area (Å²) in [6.07, 6.45) is -0.450. The molecule has 2 aromatic rings. The lowest BCUT2D eigenvalue weighted by Gasteiger charge is -2.19. The minimum absolute atomic E-state index is 0.157. The Morgan fingerprint density at radius 3 is 1.89 bits per heavy atom. The highest BCUT2D eigenvalue weighted by molar-refractivity contribution is 7.80. The first-order valence-corrected chi connectivity index (χ1v) is 9.82. The average Bonchev–Trinajstić information content (AvgIpc) is 2.65. The Hall–Kier alpha value is -2.60. The van der Waals surface area contributed by atoms with Gasteiger partial charge in [0.05, 0.1) is 6.61 Å². The van der Waals surface area contributed by atoms with Crippen molar-refractivity contribution in [2.75, 3.05) is 11.9 Å². The highest BCUT2D eigenvalue weighted by Gasteiger charge is 2.12. The van der Waals surface area contributed by atoms with Crippen LogP contribution in [0.3, 0.4) is 0 Å². The molecule has 0 radical (unpaired) electrons. The zero-order valence-corrected chi connectivity index (χ0v) is 17.8. The third-order valence-electron chi connectivity index (χ3n) is 4.20. The van der Waals surface area contributed by atoms with Gasteiger partial charge in [-0.3, -0.25) is 5.32 Å². The fourth-order valence-corrected chi connectivity index (χ4v) is 2.69. The molecule has 28 heavy (non-hydrogen) atoms. The van der Waals surface area contributed by atoms with E-state index in [0.29, 0.717) is 30.5 Å². The lowest BCUT2D eigenvalue weighted by atomic mass is 9.87. The number of rotatable bonds is 6. The molecule has 150 valence electrons. The molecule has 0 fully saturated rings. The van der Waals surface area contributed by atoms with Crippen molar-refractivity contribution in [1.82, 2.24) is 10.6 Å². The smallest absolute Gasteiger partial charge is 0.411 e. The van der Waals surface area contributed by atoms with E-state index in [4.69, 9.17) is 17.0 Å². The van der Waals surface area contributed by atoms with Crippen molar-refractivity contribution < 1.29 is 9.53 Å². The van der Waals surface area contributed by atoms with E-state index in [9.17, 15) is 4.79 Å². The Balaban J connectivity index is 1.75. The third kappa shape index (κ3) is 7.19. The minimum atomic E-state index is -0.450. The topological polar surface area (TPSA) is 62.4 Å². The minimum Gasteiger partial charge on any atom is -0.450 e. The van der Waals surface area contributed by atoms with Crippen LogP contribution in [-0.4, -0.2) is 17.8 Å². The van der Waals surface area contributed by atoms with Gasteiger partial charge in [-0.15, -0.1) is 0 Å². The Labute approximate surface area is 172 Å². The number of nitrogens with one attached hydrogen (secondary N) is 3. The molecular weight excluding hydrogens is 370 g/mol. The fourth-order valence-electron chi connectivity index (χ4n) is 2.54. The van der Waals surface area contributed by atoms with Crippen molar-refractivity contribution >= 4 is 29.1 Å². The van der Waals surface area contributed by atoms with Gasteiger partial charge in [0.2, 0.25) is 0 Å². The molecule has 0 heterocycles. The fraction of sp³-hybridized carbons (Fsp3) is 0.364. The number of anilines is 1. The lowest BCUT2D eigenvalue weighted by molar-refractivity contribution is 0.168. The van der Waals surface area contributed by atoms with E-state index in [1.807, 2.05) is 24.3 Å². The zero-order chi connectivity index (χ0) is 20.6. The Morgan fingerprint density at radius 2 is 1.43 bits per heavy atom. The third-order valence-corrected chi connectivity index (χ3v) is 4.49. The Morgan fingerprint density at radius 1 is 0.929 bits per heavy atom. The van der Waals surface area contributed by atoms with Crippen LogP contribution in [0, 0.1) is 0 Å². The van der Waals surface area contributed by atoms with Crippen LogP contribution in [0.15, 0.2) is 48.5 Å². The van der Waals surface area contributed by atoms with E-state index in [0.717, 1.165) is 5.56 Å². The van der Waals surface area contributed by atoms with Gasteiger partial charge < -0.3 is 15.4 Å². The van der Waals surface area contributed by atoms with E-state index >= 15 is 0 Å². The van der Waals surface area contributed by atoms with Crippen LogP contribution >= 0.6 is 12.2 Å². The highest BCUT2D eigenvalue weighted by Crippen LogP contribution is 2.22. The number of amides is 1. The quantitative estimate of drug-likeness (QED) is 0.614. The van der Waals surface area contributed by atoms with Crippen molar-refractivity contribution in [3.63, 3.8) is 0 Å². The SMILES string of the molecule is CCOC(=O)Nc1ccc(CNC(=S)NCc2ccc(C(C)(C)C)cc2)cc1. The van der Waals surface area contributed by atoms with Crippen LogP contribution in [0.25, 0.3) is 0 Å². The Kier molecular flexibility index (Phi) is 7.81. The van der Waals surface area contributed by atoms with E-state index in [2.05, 4.69) is 61.0 Å². The molecular formula is C22H29N3O2S. The number of thiocarbonyl (C=S) groups is 1. The standard InChI is InChI=1S/C22H29N3O2S/c1-5-27-21(26)25-19-12-8-17(9-13-19)15-24-20(28)23-14-16-6-10-18(11-7-16)22(2,3)4/h6-13H,5,14-15H2,1-4H3,(H,25,26)(H2,23,24,28). The second kappa shape index (κ2) is 10.1. The molecule has 5 nitrogen and oxygen atoms in total. The summed E-state index contributed by atoms with van der Waals surface area (Å²) in [5.41, 5.74) is 4.42.